The Morgan fingerprint density at radius 2 is 2.06 bits per heavy atom. The molecule has 0 aliphatic rings. The number of terminal acetylenes is 1. The van der Waals surface area contributed by atoms with E-state index in [1.165, 1.54) is 0 Å². The van der Waals surface area contributed by atoms with Crippen molar-refractivity contribution >= 4 is 5.82 Å². The summed E-state index contributed by atoms with van der Waals surface area (Å²) in [7, 11) is 1.90. The van der Waals surface area contributed by atoms with E-state index in [4.69, 9.17) is 6.42 Å². The molecule has 1 heterocycles. The average molecular weight is 232 g/mol. The minimum atomic E-state index is 0.0839. The molecule has 0 aromatic carbocycles. The molecule has 1 aromatic rings. The highest BCUT2D eigenvalue weighted by Crippen LogP contribution is 2.07. The Bertz CT molecular complexity index is 383. The zero-order chi connectivity index (χ0) is 12.9. The van der Waals surface area contributed by atoms with Crippen molar-refractivity contribution in [2.45, 2.75) is 32.9 Å². The van der Waals surface area contributed by atoms with E-state index in [1.807, 2.05) is 11.9 Å². The van der Waals surface area contributed by atoms with Gasteiger partial charge in [-0.15, -0.1) is 6.42 Å². The van der Waals surface area contributed by atoms with Crippen LogP contribution in [0.3, 0.4) is 0 Å². The van der Waals surface area contributed by atoms with Crippen LogP contribution >= 0.6 is 0 Å². The summed E-state index contributed by atoms with van der Waals surface area (Å²) in [5.74, 6) is 3.37. The fourth-order valence-corrected chi connectivity index (χ4v) is 1.21. The van der Waals surface area contributed by atoms with Crippen LogP contribution in [0.1, 0.15) is 26.5 Å². The molecular formula is C13H20N4. The van der Waals surface area contributed by atoms with Gasteiger partial charge < -0.3 is 10.2 Å². The van der Waals surface area contributed by atoms with Gasteiger partial charge in [0.25, 0.3) is 0 Å². The molecule has 4 nitrogen and oxygen atoms in total. The first-order chi connectivity index (χ1) is 7.92. The molecule has 0 atom stereocenters. The molecule has 0 saturated carbocycles. The molecule has 0 fully saturated rings. The summed E-state index contributed by atoms with van der Waals surface area (Å²) in [6.07, 6.45) is 8.77. The van der Waals surface area contributed by atoms with Gasteiger partial charge in [0.1, 0.15) is 5.82 Å². The maximum atomic E-state index is 5.24. The predicted molar refractivity (Wildman–Crippen MR) is 70.7 cm³/mol. The molecule has 1 N–H and O–H groups in total. The van der Waals surface area contributed by atoms with E-state index >= 15 is 0 Å². The summed E-state index contributed by atoms with van der Waals surface area (Å²) in [6.45, 7) is 7.62. The molecular weight excluding hydrogens is 212 g/mol. The highest BCUT2D eigenvalue weighted by Gasteiger charge is 2.09. The third-order valence-corrected chi connectivity index (χ3v) is 2.21. The van der Waals surface area contributed by atoms with Gasteiger partial charge in [-0.1, -0.05) is 5.92 Å². The predicted octanol–water partition coefficient (Wildman–Crippen LogP) is 1.43. The second kappa shape index (κ2) is 5.65. The summed E-state index contributed by atoms with van der Waals surface area (Å²) in [4.78, 5) is 10.6. The van der Waals surface area contributed by atoms with E-state index < -0.39 is 0 Å². The molecule has 0 amide bonds. The molecule has 0 aliphatic carbocycles. The Hall–Kier alpha value is -1.60. The fourth-order valence-electron chi connectivity index (χ4n) is 1.21. The minimum Gasteiger partial charge on any atom is -0.347 e. The average Bonchev–Trinajstić information content (AvgIpc) is 2.26. The summed E-state index contributed by atoms with van der Waals surface area (Å²) in [5, 5.41) is 3.36. The number of aromatic nitrogens is 2. The SMILES string of the molecule is C#CCN(C)c1cnc(CNC(C)(C)C)cn1. The van der Waals surface area contributed by atoms with Gasteiger partial charge in [-0.05, 0) is 20.8 Å². The minimum absolute atomic E-state index is 0.0839. The van der Waals surface area contributed by atoms with Gasteiger partial charge in [-0.3, -0.25) is 4.98 Å². The van der Waals surface area contributed by atoms with Crippen LogP contribution in [-0.2, 0) is 6.54 Å². The van der Waals surface area contributed by atoms with Crippen molar-refractivity contribution < 1.29 is 0 Å². The van der Waals surface area contributed by atoms with Crippen LogP contribution in [0.5, 0.6) is 0 Å². The lowest BCUT2D eigenvalue weighted by atomic mass is 10.1. The lowest BCUT2D eigenvalue weighted by Gasteiger charge is -2.20. The molecule has 0 saturated heterocycles. The zero-order valence-electron chi connectivity index (χ0n) is 11.0. The van der Waals surface area contributed by atoms with Crippen LogP contribution in [0, 0.1) is 12.3 Å². The number of hydrogen-bond donors (Lipinski definition) is 1. The zero-order valence-corrected chi connectivity index (χ0v) is 11.0. The molecule has 0 aliphatic heterocycles. The quantitative estimate of drug-likeness (QED) is 0.797. The number of rotatable bonds is 4. The Kier molecular flexibility index (Phi) is 4.47. The van der Waals surface area contributed by atoms with E-state index in [0.29, 0.717) is 6.54 Å². The topological polar surface area (TPSA) is 41.1 Å². The smallest absolute Gasteiger partial charge is 0.147 e. The van der Waals surface area contributed by atoms with Gasteiger partial charge in [-0.25, -0.2) is 4.98 Å². The monoisotopic (exact) mass is 232 g/mol. The van der Waals surface area contributed by atoms with Crippen molar-refractivity contribution in [2.75, 3.05) is 18.5 Å². The van der Waals surface area contributed by atoms with Gasteiger partial charge in [0.05, 0.1) is 24.6 Å². The Morgan fingerprint density at radius 3 is 2.53 bits per heavy atom. The normalized spacial score (nSPS) is 11.0. The maximum Gasteiger partial charge on any atom is 0.147 e. The molecule has 0 bridgehead atoms. The van der Waals surface area contributed by atoms with Gasteiger partial charge >= 0.3 is 0 Å². The van der Waals surface area contributed by atoms with E-state index in [1.54, 1.807) is 12.4 Å². The standard InChI is InChI=1S/C13H20N4/c1-6-7-17(5)12-10-14-11(8-15-12)9-16-13(2,3)4/h1,8,10,16H,7,9H2,2-5H3. The lowest BCUT2D eigenvalue weighted by Crippen LogP contribution is -2.35. The second-order valence-corrected chi connectivity index (χ2v) is 5.03. The van der Waals surface area contributed by atoms with Crippen molar-refractivity contribution in [1.29, 1.82) is 0 Å². The van der Waals surface area contributed by atoms with Crippen molar-refractivity contribution in [3.8, 4) is 12.3 Å². The van der Waals surface area contributed by atoms with E-state index in [-0.39, 0.29) is 5.54 Å². The molecule has 4 heteroatoms. The van der Waals surface area contributed by atoms with Crippen LogP contribution in [0.2, 0.25) is 0 Å². The van der Waals surface area contributed by atoms with E-state index in [0.717, 1.165) is 18.1 Å². The third kappa shape index (κ3) is 4.83. The summed E-state index contributed by atoms with van der Waals surface area (Å²) < 4.78 is 0. The number of hydrogen-bond acceptors (Lipinski definition) is 4. The first kappa shape index (κ1) is 13.5. The molecule has 0 unspecified atom stereocenters. The summed E-state index contributed by atoms with van der Waals surface area (Å²) in [5.41, 5.74) is 1.01. The van der Waals surface area contributed by atoms with Crippen LogP contribution in [0.4, 0.5) is 5.82 Å². The summed E-state index contributed by atoms with van der Waals surface area (Å²) in [6, 6.07) is 0. The van der Waals surface area contributed by atoms with Crippen molar-refractivity contribution in [1.82, 2.24) is 15.3 Å². The first-order valence-corrected chi connectivity index (χ1v) is 5.63. The van der Waals surface area contributed by atoms with Crippen molar-refractivity contribution in [3.63, 3.8) is 0 Å². The Balaban J connectivity index is 2.59. The number of anilines is 1. The van der Waals surface area contributed by atoms with Crippen molar-refractivity contribution in [2.24, 2.45) is 0 Å². The van der Waals surface area contributed by atoms with Crippen LogP contribution in [0.25, 0.3) is 0 Å². The molecule has 1 aromatic heterocycles. The van der Waals surface area contributed by atoms with Gasteiger partial charge in [0.15, 0.2) is 0 Å². The van der Waals surface area contributed by atoms with Crippen molar-refractivity contribution in [3.05, 3.63) is 18.1 Å². The van der Waals surface area contributed by atoms with E-state index in [2.05, 4.69) is 42.0 Å². The highest BCUT2D eigenvalue weighted by molar-refractivity contribution is 5.36. The Labute approximate surface area is 103 Å². The van der Waals surface area contributed by atoms with Crippen LogP contribution in [-0.4, -0.2) is 29.1 Å². The largest absolute Gasteiger partial charge is 0.347 e. The van der Waals surface area contributed by atoms with Crippen LogP contribution < -0.4 is 10.2 Å². The third-order valence-electron chi connectivity index (χ3n) is 2.21. The van der Waals surface area contributed by atoms with E-state index in [9.17, 15) is 0 Å². The highest BCUT2D eigenvalue weighted by atomic mass is 15.2. The fraction of sp³-hybridized carbons (Fsp3) is 0.538. The molecule has 17 heavy (non-hydrogen) atoms. The molecule has 92 valence electrons. The molecule has 0 spiro atoms. The van der Waals surface area contributed by atoms with Crippen LogP contribution in [0.15, 0.2) is 12.4 Å². The molecule has 1 rings (SSSR count). The lowest BCUT2D eigenvalue weighted by molar-refractivity contribution is 0.421. The maximum absolute atomic E-state index is 5.24. The molecule has 0 radical (unpaired) electrons. The second-order valence-electron chi connectivity index (χ2n) is 5.03. The number of nitrogens with zero attached hydrogens (tertiary/aromatic N) is 3. The first-order valence-electron chi connectivity index (χ1n) is 5.63. The van der Waals surface area contributed by atoms with Gasteiger partial charge in [-0.2, -0.15) is 0 Å². The van der Waals surface area contributed by atoms with Gasteiger partial charge in [0, 0.05) is 19.1 Å². The Morgan fingerprint density at radius 1 is 1.35 bits per heavy atom. The number of nitrogens with one attached hydrogen (secondary N) is 1. The summed E-state index contributed by atoms with van der Waals surface area (Å²) >= 11 is 0. The van der Waals surface area contributed by atoms with Gasteiger partial charge in [0.2, 0.25) is 0 Å².